The van der Waals surface area contributed by atoms with Gasteiger partial charge in [-0.1, -0.05) is 0 Å². The van der Waals surface area contributed by atoms with Gasteiger partial charge in [0, 0.05) is 24.8 Å². The molecule has 1 saturated carbocycles. The van der Waals surface area contributed by atoms with Gasteiger partial charge in [-0.25, -0.2) is 4.79 Å². The van der Waals surface area contributed by atoms with Crippen LogP contribution in [0.2, 0.25) is 0 Å². The van der Waals surface area contributed by atoms with Crippen molar-refractivity contribution in [2.45, 2.75) is 37.8 Å². The minimum absolute atomic E-state index is 0.00329. The Labute approximate surface area is 156 Å². The molecule has 3 aliphatic rings. The summed E-state index contributed by atoms with van der Waals surface area (Å²) in [6, 6.07) is 3.59. The van der Waals surface area contributed by atoms with Crippen LogP contribution in [0, 0.1) is 5.92 Å². The summed E-state index contributed by atoms with van der Waals surface area (Å²) in [5.74, 6) is -0.0309. The van der Waals surface area contributed by atoms with Crippen LogP contribution < -0.4 is 20.8 Å². The molecule has 1 saturated heterocycles. The van der Waals surface area contributed by atoms with E-state index in [4.69, 9.17) is 10.5 Å². The number of benzene rings is 1. The van der Waals surface area contributed by atoms with E-state index in [1.807, 2.05) is 17.6 Å². The number of carbonyl (C=O) groups is 1. The third-order valence-electron chi connectivity index (χ3n) is 6.47. The van der Waals surface area contributed by atoms with Gasteiger partial charge in [-0.15, -0.1) is 0 Å². The van der Waals surface area contributed by atoms with Crippen molar-refractivity contribution in [1.82, 2.24) is 4.57 Å². The third kappa shape index (κ3) is 2.37. The standard InChI is InChI=1S/C20H23N3O4/c1-11-10-27-18-15(22-7-4-12(8-22)20(21)5-6-20)3-2-13-16(18)23(11)9-14(17(13)24)19(25)26/h2-3,9,11-12H,4-8,10,21H2,1H3,(H,25,26). The molecule has 0 spiro atoms. The first kappa shape index (κ1) is 16.6. The van der Waals surface area contributed by atoms with Gasteiger partial charge in [0.1, 0.15) is 12.2 Å². The van der Waals surface area contributed by atoms with Crippen molar-refractivity contribution in [3.8, 4) is 5.75 Å². The van der Waals surface area contributed by atoms with Gasteiger partial charge in [-0.05, 0) is 44.2 Å². The summed E-state index contributed by atoms with van der Waals surface area (Å²) in [5.41, 5.74) is 7.41. The number of carboxylic acid groups (broad SMARTS) is 1. The molecule has 0 bridgehead atoms. The first-order chi connectivity index (χ1) is 12.9. The number of carboxylic acids is 1. The molecule has 3 N–H and O–H groups in total. The number of rotatable bonds is 3. The monoisotopic (exact) mass is 369 g/mol. The number of pyridine rings is 1. The number of aromatic carboxylic acids is 1. The Balaban J connectivity index is 1.65. The van der Waals surface area contributed by atoms with Crippen molar-refractivity contribution in [3.05, 3.63) is 34.1 Å². The molecule has 2 aromatic rings. The van der Waals surface area contributed by atoms with Crippen molar-refractivity contribution < 1.29 is 14.6 Å². The Morgan fingerprint density at radius 1 is 1.37 bits per heavy atom. The fraction of sp³-hybridized carbons (Fsp3) is 0.500. The Morgan fingerprint density at radius 3 is 2.85 bits per heavy atom. The van der Waals surface area contributed by atoms with Gasteiger partial charge in [0.2, 0.25) is 5.43 Å². The average Bonchev–Trinajstić information content (AvgIpc) is 3.19. The first-order valence-electron chi connectivity index (χ1n) is 9.51. The predicted molar refractivity (Wildman–Crippen MR) is 102 cm³/mol. The quantitative estimate of drug-likeness (QED) is 0.858. The number of ether oxygens (including phenoxy) is 1. The van der Waals surface area contributed by atoms with E-state index in [0.717, 1.165) is 38.0 Å². The Hall–Kier alpha value is -2.54. The average molecular weight is 369 g/mol. The lowest BCUT2D eigenvalue weighted by Gasteiger charge is -2.31. The largest absolute Gasteiger partial charge is 0.487 e. The van der Waals surface area contributed by atoms with Crippen LogP contribution in [-0.2, 0) is 0 Å². The number of aromatic nitrogens is 1. The van der Waals surface area contributed by atoms with Crippen molar-refractivity contribution in [1.29, 1.82) is 0 Å². The molecule has 5 rings (SSSR count). The second kappa shape index (κ2) is 5.48. The molecule has 2 fully saturated rings. The van der Waals surface area contributed by atoms with Crippen LogP contribution >= 0.6 is 0 Å². The highest BCUT2D eigenvalue weighted by atomic mass is 16.5. The lowest BCUT2D eigenvalue weighted by Crippen LogP contribution is -2.35. The van der Waals surface area contributed by atoms with Gasteiger partial charge in [0.25, 0.3) is 0 Å². The van der Waals surface area contributed by atoms with E-state index in [0.29, 0.717) is 29.2 Å². The van der Waals surface area contributed by atoms with Crippen LogP contribution in [0.4, 0.5) is 5.69 Å². The lowest BCUT2D eigenvalue weighted by atomic mass is 9.97. The zero-order valence-electron chi connectivity index (χ0n) is 15.3. The van der Waals surface area contributed by atoms with Crippen LogP contribution in [0.1, 0.15) is 42.6 Å². The van der Waals surface area contributed by atoms with E-state index < -0.39 is 11.4 Å². The summed E-state index contributed by atoms with van der Waals surface area (Å²) in [4.78, 5) is 26.5. The lowest BCUT2D eigenvalue weighted by molar-refractivity contribution is 0.0694. The van der Waals surface area contributed by atoms with Crippen LogP contribution in [-0.4, -0.2) is 40.9 Å². The Bertz CT molecular complexity index is 1020. The van der Waals surface area contributed by atoms with Gasteiger partial charge < -0.3 is 25.0 Å². The van der Waals surface area contributed by atoms with Gasteiger partial charge in [0.15, 0.2) is 5.75 Å². The smallest absolute Gasteiger partial charge is 0.341 e. The zero-order chi connectivity index (χ0) is 18.9. The molecule has 1 aromatic heterocycles. The second-order valence-electron chi connectivity index (χ2n) is 8.22. The number of anilines is 1. The summed E-state index contributed by atoms with van der Waals surface area (Å²) in [7, 11) is 0. The Kier molecular flexibility index (Phi) is 3.37. The normalized spacial score (nSPS) is 25.5. The van der Waals surface area contributed by atoms with Gasteiger partial charge in [0.05, 0.1) is 22.6 Å². The molecule has 142 valence electrons. The van der Waals surface area contributed by atoms with Crippen molar-refractivity contribution in [3.63, 3.8) is 0 Å². The van der Waals surface area contributed by atoms with Crippen LogP contribution in [0.25, 0.3) is 10.9 Å². The second-order valence-corrected chi connectivity index (χ2v) is 8.22. The molecule has 2 atom stereocenters. The maximum Gasteiger partial charge on any atom is 0.341 e. The van der Waals surface area contributed by atoms with Crippen LogP contribution in [0.15, 0.2) is 23.1 Å². The minimum Gasteiger partial charge on any atom is -0.487 e. The maximum absolute atomic E-state index is 12.7. The van der Waals surface area contributed by atoms with Crippen molar-refractivity contribution in [2.75, 3.05) is 24.6 Å². The van der Waals surface area contributed by atoms with Crippen molar-refractivity contribution in [2.24, 2.45) is 11.7 Å². The van der Waals surface area contributed by atoms with Gasteiger partial charge in [-0.2, -0.15) is 0 Å². The third-order valence-corrected chi connectivity index (χ3v) is 6.47. The van der Waals surface area contributed by atoms with E-state index in [-0.39, 0.29) is 17.1 Å². The number of hydrogen-bond donors (Lipinski definition) is 2. The molecule has 2 aliphatic heterocycles. The summed E-state index contributed by atoms with van der Waals surface area (Å²) < 4.78 is 7.94. The molecule has 3 heterocycles. The highest BCUT2D eigenvalue weighted by Crippen LogP contribution is 2.47. The van der Waals surface area contributed by atoms with E-state index in [9.17, 15) is 14.7 Å². The molecular weight excluding hydrogens is 346 g/mol. The highest BCUT2D eigenvalue weighted by molar-refractivity contribution is 5.97. The fourth-order valence-corrected chi connectivity index (χ4v) is 4.58. The maximum atomic E-state index is 12.7. The molecule has 27 heavy (non-hydrogen) atoms. The zero-order valence-corrected chi connectivity index (χ0v) is 15.3. The fourth-order valence-electron chi connectivity index (χ4n) is 4.58. The topological polar surface area (TPSA) is 97.8 Å². The molecular formula is C20H23N3O4. The molecule has 1 aliphatic carbocycles. The van der Waals surface area contributed by atoms with Crippen molar-refractivity contribution >= 4 is 22.6 Å². The number of nitrogens with zero attached hydrogens (tertiary/aromatic N) is 2. The molecule has 2 unspecified atom stereocenters. The van der Waals surface area contributed by atoms with Crippen LogP contribution in [0.3, 0.4) is 0 Å². The number of nitrogens with two attached hydrogens (primary N) is 1. The summed E-state index contributed by atoms with van der Waals surface area (Å²) >= 11 is 0. The highest BCUT2D eigenvalue weighted by Gasteiger charge is 2.48. The minimum atomic E-state index is -1.20. The van der Waals surface area contributed by atoms with E-state index >= 15 is 0 Å². The summed E-state index contributed by atoms with van der Waals surface area (Å²) in [6.07, 6.45) is 4.72. The van der Waals surface area contributed by atoms with Crippen LogP contribution in [0.5, 0.6) is 5.75 Å². The SMILES string of the molecule is CC1COc2c(N3CCC(C4(N)CC4)C3)ccc3c(=O)c(C(=O)O)cn1c23. The van der Waals surface area contributed by atoms with E-state index in [2.05, 4.69) is 4.90 Å². The van der Waals surface area contributed by atoms with E-state index in [1.165, 1.54) is 6.20 Å². The first-order valence-corrected chi connectivity index (χ1v) is 9.51. The molecule has 0 radical (unpaired) electrons. The Morgan fingerprint density at radius 2 is 2.15 bits per heavy atom. The number of hydrogen-bond acceptors (Lipinski definition) is 5. The molecule has 7 heteroatoms. The summed E-state index contributed by atoms with van der Waals surface area (Å²) in [5, 5.41) is 9.79. The van der Waals surface area contributed by atoms with E-state index in [1.54, 1.807) is 6.07 Å². The predicted octanol–water partition coefficient (Wildman–Crippen LogP) is 1.97. The summed E-state index contributed by atoms with van der Waals surface area (Å²) in [6.45, 7) is 4.21. The van der Waals surface area contributed by atoms with Gasteiger partial charge in [-0.3, -0.25) is 4.79 Å². The molecule has 1 aromatic carbocycles. The van der Waals surface area contributed by atoms with Gasteiger partial charge >= 0.3 is 5.97 Å². The molecule has 7 nitrogen and oxygen atoms in total. The molecule has 0 amide bonds.